The van der Waals surface area contributed by atoms with Crippen LogP contribution < -0.4 is 4.74 Å². The lowest BCUT2D eigenvalue weighted by molar-refractivity contribution is -0.0499. The molecule has 0 saturated heterocycles. The first kappa shape index (κ1) is 14.8. The van der Waals surface area contributed by atoms with Crippen LogP contribution in [0.3, 0.4) is 0 Å². The Balaban J connectivity index is 2.14. The Bertz CT molecular complexity index is 473. The number of amides is 1. The molecule has 0 atom stereocenters. The fraction of sp³-hybridized carbons (Fsp3) is 0.533. The van der Waals surface area contributed by atoms with Gasteiger partial charge in [0.15, 0.2) is 0 Å². The zero-order chi connectivity index (χ0) is 14.7. The average Bonchev–Trinajstić information content (AvgIpc) is 3.18. The monoisotopic (exact) mass is 283 g/mol. The molecule has 1 amide bonds. The molecule has 1 fully saturated rings. The van der Waals surface area contributed by atoms with Gasteiger partial charge in [-0.3, -0.25) is 4.79 Å². The number of nitrogens with zero attached hydrogens (tertiary/aromatic N) is 1. The maximum Gasteiger partial charge on any atom is 0.387 e. The maximum atomic E-state index is 12.5. The van der Waals surface area contributed by atoms with Gasteiger partial charge in [-0.25, -0.2) is 0 Å². The van der Waals surface area contributed by atoms with E-state index in [0.717, 1.165) is 12.8 Å². The van der Waals surface area contributed by atoms with Gasteiger partial charge in [-0.05, 0) is 37.0 Å². The third-order valence-electron chi connectivity index (χ3n) is 3.12. The van der Waals surface area contributed by atoms with E-state index in [-0.39, 0.29) is 11.7 Å². The molecule has 1 saturated carbocycles. The van der Waals surface area contributed by atoms with Crippen LogP contribution in [0.1, 0.15) is 37.0 Å². The molecule has 110 valence electrons. The molecular weight excluding hydrogens is 264 g/mol. The topological polar surface area (TPSA) is 29.5 Å². The van der Waals surface area contributed by atoms with E-state index < -0.39 is 6.61 Å². The molecule has 5 heteroatoms. The van der Waals surface area contributed by atoms with Crippen molar-refractivity contribution in [1.82, 2.24) is 4.90 Å². The Labute approximate surface area is 117 Å². The van der Waals surface area contributed by atoms with Crippen molar-refractivity contribution in [1.29, 1.82) is 0 Å². The molecule has 0 N–H and O–H groups in total. The summed E-state index contributed by atoms with van der Waals surface area (Å²) in [7, 11) is 0. The van der Waals surface area contributed by atoms with Gasteiger partial charge in [-0.15, -0.1) is 0 Å². The standard InChI is InChI=1S/C15H19F2NO2/c1-10(2)9-18(12-6-7-12)14(19)11-4-3-5-13(8-11)20-15(16)17/h3-5,8,10,12,15H,6-7,9H2,1-2H3. The summed E-state index contributed by atoms with van der Waals surface area (Å²) in [5.74, 6) is 0.284. The molecular formula is C15H19F2NO2. The fourth-order valence-corrected chi connectivity index (χ4v) is 2.15. The normalized spacial score (nSPS) is 14.7. The molecule has 1 aliphatic rings. The summed E-state index contributed by atoms with van der Waals surface area (Å²) in [6.07, 6.45) is 2.04. The summed E-state index contributed by atoms with van der Waals surface area (Å²) in [5.41, 5.74) is 0.399. The molecule has 20 heavy (non-hydrogen) atoms. The van der Waals surface area contributed by atoms with Crippen LogP contribution in [-0.4, -0.2) is 30.0 Å². The van der Waals surface area contributed by atoms with E-state index in [1.54, 1.807) is 12.1 Å². The van der Waals surface area contributed by atoms with Gasteiger partial charge in [0.05, 0.1) is 0 Å². The molecule has 0 aliphatic heterocycles. The molecule has 0 bridgehead atoms. The minimum absolute atomic E-state index is 0.0196. The highest BCUT2D eigenvalue weighted by molar-refractivity contribution is 5.95. The molecule has 1 aromatic rings. The number of alkyl halides is 2. The third kappa shape index (κ3) is 3.92. The largest absolute Gasteiger partial charge is 0.435 e. The second-order valence-corrected chi connectivity index (χ2v) is 5.49. The van der Waals surface area contributed by atoms with Crippen LogP contribution >= 0.6 is 0 Å². The number of carbonyl (C=O) groups is 1. The number of ether oxygens (including phenoxy) is 1. The van der Waals surface area contributed by atoms with E-state index in [1.165, 1.54) is 12.1 Å². The maximum absolute atomic E-state index is 12.5. The number of benzene rings is 1. The van der Waals surface area contributed by atoms with Crippen LogP contribution in [0.2, 0.25) is 0 Å². The molecule has 0 spiro atoms. The zero-order valence-corrected chi connectivity index (χ0v) is 11.7. The summed E-state index contributed by atoms with van der Waals surface area (Å²) >= 11 is 0. The van der Waals surface area contributed by atoms with Gasteiger partial charge in [-0.2, -0.15) is 8.78 Å². The number of halogens is 2. The Morgan fingerprint density at radius 2 is 2.10 bits per heavy atom. The molecule has 1 aliphatic carbocycles. The van der Waals surface area contributed by atoms with Gasteiger partial charge in [-0.1, -0.05) is 19.9 Å². The van der Waals surface area contributed by atoms with E-state index in [2.05, 4.69) is 18.6 Å². The predicted molar refractivity (Wildman–Crippen MR) is 72.0 cm³/mol. The van der Waals surface area contributed by atoms with Crippen LogP contribution in [0.15, 0.2) is 24.3 Å². The van der Waals surface area contributed by atoms with E-state index in [4.69, 9.17) is 0 Å². The van der Waals surface area contributed by atoms with E-state index in [0.29, 0.717) is 24.1 Å². The molecule has 0 unspecified atom stereocenters. The lowest BCUT2D eigenvalue weighted by atomic mass is 10.1. The number of carbonyl (C=O) groups excluding carboxylic acids is 1. The number of rotatable bonds is 6. The minimum Gasteiger partial charge on any atom is -0.435 e. The molecule has 0 radical (unpaired) electrons. The van der Waals surface area contributed by atoms with E-state index in [1.807, 2.05) is 4.90 Å². The van der Waals surface area contributed by atoms with Crippen LogP contribution in [0.4, 0.5) is 8.78 Å². The van der Waals surface area contributed by atoms with Crippen molar-refractivity contribution in [2.24, 2.45) is 5.92 Å². The van der Waals surface area contributed by atoms with Crippen molar-refractivity contribution in [3.8, 4) is 5.75 Å². The highest BCUT2D eigenvalue weighted by atomic mass is 19.3. The first-order chi connectivity index (χ1) is 9.47. The molecule has 1 aromatic carbocycles. The molecule has 2 rings (SSSR count). The van der Waals surface area contributed by atoms with Gasteiger partial charge in [0.25, 0.3) is 5.91 Å². The Morgan fingerprint density at radius 3 is 2.65 bits per heavy atom. The van der Waals surface area contributed by atoms with Crippen LogP contribution in [0.25, 0.3) is 0 Å². The van der Waals surface area contributed by atoms with E-state index in [9.17, 15) is 13.6 Å². The third-order valence-corrected chi connectivity index (χ3v) is 3.12. The summed E-state index contributed by atoms with van der Waals surface area (Å²) in [5, 5.41) is 0. The highest BCUT2D eigenvalue weighted by Gasteiger charge is 2.33. The van der Waals surface area contributed by atoms with Gasteiger partial charge < -0.3 is 9.64 Å². The highest BCUT2D eigenvalue weighted by Crippen LogP contribution is 2.29. The van der Waals surface area contributed by atoms with Crippen molar-refractivity contribution < 1.29 is 18.3 Å². The van der Waals surface area contributed by atoms with Crippen LogP contribution in [-0.2, 0) is 0 Å². The van der Waals surface area contributed by atoms with Gasteiger partial charge in [0.2, 0.25) is 0 Å². The summed E-state index contributed by atoms with van der Waals surface area (Å²) in [4.78, 5) is 14.3. The minimum atomic E-state index is -2.88. The number of hydrogen-bond acceptors (Lipinski definition) is 2. The Hall–Kier alpha value is -1.65. The second kappa shape index (κ2) is 6.20. The Kier molecular flexibility index (Phi) is 4.57. The first-order valence-electron chi connectivity index (χ1n) is 6.83. The zero-order valence-electron chi connectivity index (χ0n) is 11.7. The van der Waals surface area contributed by atoms with Crippen molar-refractivity contribution in [2.75, 3.05) is 6.54 Å². The van der Waals surface area contributed by atoms with Crippen molar-refractivity contribution in [2.45, 2.75) is 39.3 Å². The van der Waals surface area contributed by atoms with Crippen LogP contribution in [0, 0.1) is 5.92 Å². The molecule has 3 nitrogen and oxygen atoms in total. The fourth-order valence-electron chi connectivity index (χ4n) is 2.15. The van der Waals surface area contributed by atoms with Crippen molar-refractivity contribution in [3.05, 3.63) is 29.8 Å². The SMILES string of the molecule is CC(C)CN(C(=O)c1cccc(OC(F)F)c1)C1CC1. The predicted octanol–water partition coefficient (Wildman–Crippen LogP) is 3.55. The second-order valence-electron chi connectivity index (χ2n) is 5.49. The van der Waals surface area contributed by atoms with Crippen molar-refractivity contribution >= 4 is 5.91 Å². The van der Waals surface area contributed by atoms with Gasteiger partial charge in [0, 0.05) is 18.2 Å². The van der Waals surface area contributed by atoms with Gasteiger partial charge in [0.1, 0.15) is 5.75 Å². The summed E-state index contributed by atoms with van der Waals surface area (Å²) in [6, 6.07) is 6.29. The average molecular weight is 283 g/mol. The molecule has 0 heterocycles. The van der Waals surface area contributed by atoms with E-state index >= 15 is 0 Å². The van der Waals surface area contributed by atoms with Gasteiger partial charge >= 0.3 is 6.61 Å². The van der Waals surface area contributed by atoms with Crippen molar-refractivity contribution in [3.63, 3.8) is 0 Å². The molecule has 0 aromatic heterocycles. The summed E-state index contributed by atoms with van der Waals surface area (Å²) < 4.78 is 28.7. The quantitative estimate of drug-likeness (QED) is 0.799. The lowest BCUT2D eigenvalue weighted by Crippen LogP contribution is -2.36. The summed E-state index contributed by atoms with van der Waals surface area (Å²) in [6.45, 7) is 1.91. The smallest absolute Gasteiger partial charge is 0.387 e. The number of hydrogen-bond donors (Lipinski definition) is 0. The Morgan fingerprint density at radius 1 is 1.40 bits per heavy atom. The lowest BCUT2D eigenvalue weighted by Gasteiger charge is -2.24. The first-order valence-corrected chi connectivity index (χ1v) is 6.83. The van der Waals surface area contributed by atoms with Crippen LogP contribution in [0.5, 0.6) is 5.75 Å².